The molecule has 10 heteroatoms. The Morgan fingerprint density at radius 3 is 2.63 bits per heavy atom. The number of sulfonamides is 1. The van der Waals surface area contributed by atoms with Crippen LogP contribution < -0.4 is 20.3 Å². The van der Waals surface area contributed by atoms with E-state index >= 15 is 0 Å². The molecular weight excluding hydrogens is 408 g/mol. The Kier molecular flexibility index (Phi) is 6.06. The number of ether oxygens (including phenoxy) is 1. The van der Waals surface area contributed by atoms with Gasteiger partial charge in [0.1, 0.15) is 17.6 Å². The fourth-order valence-electron chi connectivity index (χ4n) is 2.76. The fourth-order valence-corrected chi connectivity index (χ4v) is 4.00. The summed E-state index contributed by atoms with van der Waals surface area (Å²) in [6, 6.07) is 11.0. The van der Waals surface area contributed by atoms with Crippen LogP contribution in [0.25, 0.3) is 0 Å². The van der Waals surface area contributed by atoms with Crippen molar-refractivity contribution in [3.63, 3.8) is 0 Å². The minimum absolute atomic E-state index is 0.0813. The second-order valence-electron chi connectivity index (χ2n) is 6.85. The standard InChI is InChI=1S/C20H22N4O5S/c1-12-8-9-13(2)16(10-12)29-11-18(25)22-23-20(26)14(3)21-19-15-6-4-5-7-17(15)30(27,28)24-19/h4-10,14H,11H2,1-3H3,(H,21,24)(H,22,25)(H,23,26). The number of fused-ring (bicyclic) bond motifs is 1. The molecule has 1 aliphatic heterocycles. The Morgan fingerprint density at radius 2 is 1.87 bits per heavy atom. The maximum atomic E-state index is 12.2. The van der Waals surface area contributed by atoms with Crippen molar-refractivity contribution in [2.45, 2.75) is 31.7 Å². The molecule has 158 valence electrons. The van der Waals surface area contributed by atoms with Gasteiger partial charge >= 0.3 is 0 Å². The van der Waals surface area contributed by atoms with E-state index in [9.17, 15) is 18.0 Å². The molecule has 0 spiro atoms. The summed E-state index contributed by atoms with van der Waals surface area (Å²) < 4.78 is 32.0. The lowest BCUT2D eigenvalue weighted by Crippen LogP contribution is -2.47. The number of nitrogens with zero attached hydrogens (tertiary/aromatic N) is 1. The summed E-state index contributed by atoms with van der Waals surface area (Å²) in [6.07, 6.45) is 0. The van der Waals surface area contributed by atoms with E-state index in [-0.39, 0.29) is 17.3 Å². The molecule has 9 nitrogen and oxygen atoms in total. The smallest absolute Gasteiger partial charge is 0.276 e. The van der Waals surface area contributed by atoms with Crippen LogP contribution in [-0.2, 0) is 19.6 Å². The number of hydrogen-bond acceptors (Lipinski definition) is 6. The number of rotatable bonds is 5. The van der Waals surface area contributed by atoms with Crippen molar-refractivity contribution in [3.8, 4) is 5.75 Å². The highest BCUT2D eigenvalue weighted by atomic mass is 32.2. The zero-order valence-electron chi connectivity index (χ0n) is 16.7. The van der Waals surface area contributed by atoms with Gasteiger partial charge in [0.2, 0.25) is 0 Å². The second-order valence-corrected chi connectivity index (χ2v) is 8.50. The second kappa shape index (κ2) is 8.54. The van der Waals surface area contributed by atoms with E-state index in [2.05, 4.69) is 20.6 Å². The van der Waals surface area contributed by atoms with Crippen molar-refractivity contribution < 1.29 is 22.7 Å². The number of benzene rings is 2. The van der Waals surface area contributed by atoms with Crippen LogP contribution in [0.4, 0.5) is 0 Å². The maximum absolute atomic E-state index is 12.2. The molecule has 1 heterocycles. The molecule has 30 heavy (non-hydrogen) atoms. The number of aryl methyl sites for hydroxylation is 2. The first-order valence-electron chi connectivity index (χ1n) is 9.16. The van der Waals surface area contributed by atoms with E-state index in [1.165, 1.54) is 13.0 Å². The third-order valence-electron chi connectivity index (χ3n) is 4.39. The van der Waals surface area contributed by atoms with Gasteiger partial charge in [-0.3, -0.25) is 30.2 Å². The van der Waals surface area contributed by atoms with Crippen LogP contribution in [0, 0.1) is 13.8 Å². The van der Waals surface area contributed by atoms with Gasteiger partial charge in [-0.15, -0.1) is 0 Å². The molecule has 1 aliphatic rings. The van der Waals surface area contributed by atoms with Gasteiger partial charge in [-0.1, -0.05) is 24.3 Å². The molecule has 0 fully saturated rings. The Balaban J connectivity index is 1.56. The molecule has 0 bridgehead atoms. The monoisotopic (exact) mass is 430 g/mol. The average molecular weight is 430 g/mol. The minimum Gasteiger partial charge on any atom is -0.483 e. The number of carbonyl (C=O) groups excluding carboxylic acids is 2. The Hall–Kier alpha value is -3.40. The van der Waals surface area contributed by atoms with Crippen molar-refractivity contribution in [2.24, 2.45) is 4.99 Å². The highest BCUT2D eigenvalue weighted by Gasteiger charge is 2.31. The number of amides is 2. The van der Waals surface area contributed by atoms with E-state index in [0.717, 1.165) is 11.1 Å². The average Bonchev–Trinajstić information content (AvgIpc) is 2.97. The van der Waals surface area contributed by atoms with E-state index in [0.29, 0.717) is 11.3 Å². The number of aliphatic imine (C=N–C) groups is 1. The number of carbonyl (C=O) groups is 2. The molecule has 2 aromatic carbocycles. The Morgan fingerprint density at radius 1 is 1.13 bits per heavy atom. The van der Waals surface area contributed by atoms with E-state index in [1.807, 2.05) is 32.0 Å². The first-order chi connectivity index (χ1) is 14.2. The highest BCUT2D eigenvalue weighted by Crippen LogP contribution is 2.22. The highest BCUT2D eigenvalue weighted by molar-refractivity contribution is 7.90. The third kappa shape index (κ3) is 4.77. The van der Waals surface area contributed by atoms with Gasteiger partial charge in [0.25, 0.3) is 21.8 Å². The molecular formula is C20H22N4O5S. The molecule has 3 N–H and O–H groups in total. The Labute approximate surface area is 174 Å². The van der Waals surface area contributed by atoms with E-state index in [1.54, 1.807) is 18.2 Å². The van der Waals surface area contributed by atoms with Crippen LogP contribution >= 0.6 is 0 Å². The number of nitrogens with one attached hydrogen (secondary N) is 3. The number of amidine groups is 1. The Bertz CT molecular complexity index is 1130. The first kappa shape index (κ1) is 21.3. The fraction of sp³-hybridized carbons (Fsp3) is 0.250. The van der Waals surface area contributed by atoms with Crippen molar-refractivity contribution >= 4 is 27.7 Å². The minimum atomic E-state index is -3.69. The number of hydrazine groups is 1. The van der Waals surface area contributed by atoms with Crippen LogP contribution in [0.3, 0.4) is 0 Å². The van der Waals surface area contributed by atoms with Crippen molar-refractivity contribution in [1.82, 2.24) is 15.6 Å². The van der Waals surface area contributed by atoms with Crippen LogP contribution in [0.15, 0.2) is 52.4 Å². The van der Waals surface area contributed by atoms with Gasteiger partial charge in [-0.2, -0.15) is 0 Å². The van der Waals surface area contributed by atoms with E-state index < -0.39 is 27.9 Å². The zero-order chi connectivity index (χ0) is 21.9. The van der Waals surface area contributed by atoms with Crippen LogP contribution in [0.1, 0.15) is 23.6 Å². The van der Waals surface area contributed by atoms with Gasteiger partial charge in [-0.05, 0) is 50.1 Å². The summed E-state index contributed by atoms with van der Waals surface area (Å²) in [7, 11) is -3.69. The molecule has 0 aromatic heterocycles. The van der Waals surface area contributed by atoms with Crippen LogP contribution in [-0.4, -0.2) is 38.7 Å². The summed E-state index contributed by atoms with van der Waals surface area (Å²) in [5.41, 5.74) is 6.80. The summed E-state index contributed by atoms with van der Waals surface area (Å²) in [4.78, 5) is 28.4. The van der Waals surface area contributed by atoms with Gasteiger partial charge in [0, 0.05) is 5.56 Å². The van der Waals surface area contributed by atoms with Crippen LogP contribution in [0.2, 0.25) is 0 Å². The third-order valence-corrected chi connectivity index (χ3v) is 5.79. The molecule has 2 amide bonds. The summed E-state index contributed by atoms with van der Waals surface area (Å²) >= 11 is 0. The van der Waals surface area contributed by atoms with Gasteiger partial charge in [0.05, 0.1) is 4.90 Å². The van der Waals surface area contributed by atoms with E-state index in [4.69, 9.17) is 4.74 Å². The molecule has 0 saturated carbocycles. The summed E-state index contributed by atoms with van der Waals surface area (Å²) in [6.45, 7) is 4.99. The van der Waals surface area contributed by atoms with Gasteiger partial charge in [-0.25, -0.2) is 8.42 Å². The lowest BCUT2D eigenvalue weighted by Gasteiger charge is -2.12. The zero-order valence-corrected chi connectivity index (χ0v) is 17.5. The predicted molar refractivity (Wildman–Crippen MR) is 110 cm³/mol. The maximum Gasteiger partial charge on any atom is 0.276 e. The SMILES string of the molecule is Cc1ccc(C)c(OCC(=O)NNC(=O)C(C)N=C2NS(=O)(=O)c3ccccc32)c1. The van der Waals surface area contributed by atoms with Gasteiger partial charge in [0.15, 0.2) is 6.61 Å². The van der Waals surface area contributed by atoms with Crippen molar-refractivity contribution in [2.75, 3.05) is 6.61 Å². The molecule has 1 unspecified atom stereocenters. The molecule has 3 rings (SSSR count). The molecule has 0 aliphatic carbocycles. The predicted octanol–water partition coefficient (Wildman–Crippen LogP) is 0.957. The lowest BCUT2D eigenvalue weighted by atomic mass is 10.1. The van der Waals surface area contributed by atoms with Crippen LogP contribution in [0.5, 0.6) is 5.75 Å². The number of hydrogen-bond donors (Lipinski definition) is 3. The molecule has 0 saturated heterocycles. The first-order valence-corrected chi connectivity index (χ1v) is 10.6. The summed E-state index contributed by atoms with van der Waals surface area (Å²) in [5.74, 6) is -0.483. The topological polar surface area (TPSA) is 126 Å². The normalized spacial score (nSPS) is 16.3. The molecule has 0 radical (unpaired) electrons. The largest absolute Gasteiger partial charge is 0.483 e. The van der Waals surface area contributed by atoms with Gasteiger partial charge < -0.3 is 4.74 Å². The van der Waals surface area contributed by atoms with Crippen molar-refractivity contribution in [3.05, 3.63) is 59.2 Å². The molecule has 1 atom stereocenters. The lowest BCUT2D eigenvalue weighted by molar-refractivity contribution is -0.130. The molecule has 2 aromatic rings. The summed E-state index contributed by atoms with van der Waals surface area (Å²) in [5, 5.41) is 0. The quantitative estimate of drug-likeness (QED) is 0.609. The van der Waals surface area contributed by atoms with Crippen molar-refractivity contribution in [1.29, 1.82) is 0 Å².